The summed E-state index contributed by atoms with van der Waals surface area (Å²) in [6, 6.07) is 18.2. The second kappa shape index (κ2) is 9.90. The van der Waals surface area contributed by atoms with Crippen molar-refractivity contribution in [2.24, 2.45) is 0 Å². The van der Waals surface area contributed by atoms with Crippen LogP contribution in [0.4, 0.5) is 0 Å². The van der Waals surface area contributed by atoms with Crippen LogP contribution < -0.4 is 14.8 Å². The molecule has 3 heteroatoms. The highest BCUT2D eigenvalue weighted by Gasteiger charge is 2.00. The summed E-state index contributed by atoms with van der Waals surface area (Å²) in [7, 11) is 0. The SMILES string of the molecule is CC[C@H](C)NCCCCOc1cccc(Oc2ccccc2)c1. The van der Waals surface area contributed by atoms with Gasteiger partial charge in [-0.05, 0) is 57.0 Å². The Morgan fingerprint density at radius 3 is 2.43 bits per heavy atom. The van der Waals surface area contributed by atoms with Crippen LogP contribution in [0.5, 0.6) is 17.2 Å². The number of nitrogens with one attached hydrogen (secondary N) is 1. The lowest BCUT2D eigenvalue weighted by atomic mass is 10.2. The number of unbranched alkanes of at least 4 members (excludes halogenated alkanes) is 1. The predicted octanol–water partition coefficient (Wildman–Crippen LogP) is 5.03. The highest BCUT2D eigenvalue weighted by molar-refractivity contribution is 5.36. The van der Waals surface area contributed by atoms with Crippen LogP contribution in [-0.4, -0.2) is 19.2 Å². The van der Waals surface area contributed by atoms with Crippen molar-refractivity contribution in [1.29, 1.82) is 0 Å². The molecule has 2 rings (SSSR count). The Hall–Kier alpha value is -2.00. The van der Waals surface area contributed by atoms with Crippen molar-refractivity contribution in [3.63, 3.8) is 0 Å². The van der Waals surface area contributed by atoms with Crippen LogP contribution in [0.15, 0.2) is 54.6 Å². The molecular formula is C20H27NO2. The number of rotatable bonds is 10. The second-order valence-electron chi connectivity index (χ2n) is 5.71. The van der Waals surface area contributed by atoms with Gasteiger partial charge in [-0.1, -0.05) is 31.2 Å². The van der Waals surface area contributed by atoms with Crippen LogP contribution in [0.2, 0.25) is 0 Å². The van der Waals surface area contributed by atoms with Crippen LogP contribution >= 0.6 is 0 Å². The van der Waals surface area contributed by atoms with E-state index in [1.54, 1.807) is 0 Å². The predicted molar refractivity (Wildman–Crippen MR) is 95.4 cm³/mol. The summed E-state index contributed by atoms with van der Waals surface area (Å²) in [6.07, 6.45) is 3.35. The Morgan fingerprint density at radius 2 is 1.65 bits per heavy atom. The molecule has 0 aliphatic heterocycles. The first-order valence-corrected chi connectivity index (χ1v) is 8.47. The van der Waals surface area contributed by atoms with Gasteiger partial charge in [0, 0.05) is 12.1 Å². The summed E-state index contributed by atoms with van der Waals surface area (Å²) in [5, 5.41) is 3.49. The summed E-state index contributed by atoms with van der Waals surface area (Å²) in [5.41, 5.74) is 0. The largest absolute Gasteiger partial charge is 0.493 e. The van der Waals surface area contributed by atoms with E-state index in [1.165, 1.54) is 6.42 Å². The first kappa shape index (κ1) is 17.4. The first-order valence-electron chi connectivity index (χ1n) is 8.47. The Balaban J connectivity index is 1.71. The number of hydrogen-bond acceptors (Lipinski definition) is 3. The van der Waals surface area contributed by atoms with Gasteiger partial charge in [-0.3, -0.25) is 0 Å². The van der Waals surface area contributed by atoms with Gasteiger partial charge in [-0.15, -0.1) is 0 Å². The fourth-order valence-corrected chi connectivity index (χ4v) is 2.16. The average Bonchev–Trinajstić information content (AvgIpc) is 2.59. The molecule has 124 valence electrons. The lowest BCUT2D eigenvalue weighted by molar-refractivity contribution is 0.303. The van der Waals surface area contributed by atoms with E-state index in [2.05, 4.69) is 19.2 Å². The molecule has 0 aliphatic rings. The van der Waals surface area contributed by atoms with E-state index in [-0.39, 0.29) is 0 Å². The van der Waals surface area contributed by atoms with Gasteiger partial charge in [0.05, 0.1) is 6.61 Å². The zero-order valence-electron chi connectivity index (χ0n) is 14.1. The molecule has 0 fully saturated rings. The second-order valence-corrected chi connectivity index (χ2v) is 5.71. The first-order chi connectivity index (χ1) is 11.3. The third-order valence-corrected chi connectivity index (χ3v) is 3.73. The van der Waals surface area contributed by atoms with Crippen LogP contribution in [0.1, 0.15) is 33.1 Å². The molecule has 0 aliphatic carbocycles. The van der Waals surface area contributed by atoms with Gasteiger partial charge in [-0.25, -0.2) is 0 Å². The van der Waals surface area contributed by atoms with Crippen LogP contribution in [0.3, 0.4) is 0 Å². The molecule has 0 radical (unpaired) electrons. The van der Waals surface area contributed by atoms with E-state index in [0.717, 1.165) is 43.2 Å². The molecule has 0 bridgehead atoms. The lowest BCUT2D eigenvalue weighted by Crippen LogP contribution is -2.26. The Bertz CT molecular complexity index is 557. The van der Waals surface area contributed by atoms with Crippen molar-refractivity contribution >= 4 is 0 Å². The number of para-hydroxylation sites is 1. The van der Waals surface area contributed by atoms with Crippen molar-refractivity contribution in [3.8, 4) is 17.2 Å². The third-order valence-electron chi connectivity index (χ3n) is 3.73. The zero-order valence-corrected chi connectivity index (χ0v) is 14.1. The van der Waals surface area contributed by atoms with E-state index in [0.29, 0.717) is 6.04 Å². The van der Waals surface area contributed by atoms with Crippen LogP contribution in [-0.2, 0) is 0 Å². The molecule has 1 atom stereocenters. The monoisotopic (exact) mass is 313 g/mol. The Labute approximate surface area is 139 Å². The molecule has 0 saturated heterocycles. The van der Waals surface area contributed by atoms with Gasteiger partial charge in [0.2, 0.25) is 0 Å². The normalized spacial score (nSPS) is 11.9. The fraction of sp³-hybridized carbons (Fsp3) is 0.400. The minimum absolute atomic E-state index is 0.600. The van der Waals surface area contributed by atoms with Crippen molar-refractivity contribution in [1.82, 2.24) is 5.32 Å². The molecule has 0 saturated carbocycles. The summed E-state index contributed by atoms with van der Waals surface area (Å²) < 4.78 is 11.6. The van der Waals surface area contributed by atoms with Gasteiger partial charge in [0.1, 0.15) is 17.2 Å². The average molecular weight is 313 g/mol. The van der Waals surface area contributed by atoms with Gasteiger partial charge >= 0.3 is 0 Å². The van der Waals surface area contributed by atoms with Crippen molar-refractivity contribution < 1.29 is 9.47 Å². The molecule has 3 nitrogen and oxygen atoms in total. The Morgan fingerprint density at radius 1 is 0.913 bits per heavy atom. The number of benzene rings is 2. The molecule has 2 aromatic carbocycles. The van der Waals surface area contributed by atoms with Gasteiger partial charge in [-0.2, -0.15) is 0 Å². The number of ether oxygens (including phenoxy) is 2. The van der Waals surface area contributed by atoms with Crippen LogP contribution in [0, 0.1) is 0 Å². The van der Waals surface area contributed by atoms with E-state index in [4.69, 9.17) is 9.47 Å². The number of hydrogen-bond donors (Lipinski definition) is 1. The van der Waals surface area contributed by atoms with Crippen molar-refractivity contribution in [3.05, 3.63) is 54.6 Å². The standard InChI is InChI=1S/C20H27NO2/c1-3-17(2)21-14-7-8-15-22-19-12-9-13-20(16-19)23-18-10-5-4-6-11-18/h4-6,9-13,16-17,21H,3,7-8,14-15H2,1-2H3/t17-/m0/s1. The molecule has 23 heavy (non-hydrogen) atoms. The quantitative estimate of drug-likeness (QED) is 0.624. The van der Waals surface area contributed by atoms with E-state index in [1.807, 2.05) is 54.6 Å². The summed E-state index contributed by atoms with van der Waals surface area (Å²) in [5.74, 6) is 2.49. The zero-order chi connectivity index (χ0) is 16.3. The maximum absolute atomic E-state index is 5.81. The maximum Gasteiger partial charge on any atom is 0.131 e. The topological polar surface area (TPSA) is 30.5 Å². The minimum atomic E-state index is 0.600. The maximum atomic E-state index is 5.81. The van der Waals surface area contributed by atoms with E-state index >= 15 is 0 Å². The molecule has 1 N–H and O–H groups in total. The molecular weight excluding hydrogens is 286 g/mol. The van der Waals surface area contributed by atoms with Gasteiger partial charge < -0.3 is 14.8 Å². The van der Waals surface area contributed by atoms with E-state index in [9.17, 15) is 0 Å². The molecule has 0 spiro atoms. The Kier molecular flexibility index (Phi) is 7.47. The smallest absolute Gasteiger partial charge is 0.131 e. The molecule has 0 amide bonds. The van der Waals surface area contributed by atoms with Crippen LogP contribution in [0.25, 0.3) is 0 Å². The van der Waals surface area contributed by atoms with E-state index < -0.39 is 0 Å². The summed E-state index contributed by atoms with van der Waals surface area (Å²) in [6.45, 7) is 6.20. The molecule has 0 aromatic heterocycles. The third kappa shape index (κ3) is 6.74. The highest BCUT2D eigenvalue weighted by Crippen LogP contribution is 2.25. The molecule has 0 unspecified atom stereocenters. The van der Waals surface area contributed by atoms with Gasteiger partial charge in [0.15, 0.2) is 0 Å². The lowest BCUT2D eigenvalue weighted by Gasteiger charge is -2.11. The summed E-state index contributed by atoms with van der Waals surface area (Å²) in [4.78, 5) is 0. The fourth-order valence-electron chi connectivity index (χ4n) is 2.16. The summed E-state index contributed by atoms with van der Waals surface area (Å²) >= 11 is 0. The van der Waals surface area contributed by atoms with Crippen molar-refractivity contribution in [2.45, 2.75) is 39.2 Å². The molecule has 0 heterocycles. The van der Waals surface area contributed by atoms with Gasteiger partial charge in [0.25, 0.3) is 0 Å². The highest BCUT2D eigenvalue weighted by atomic mass is 16.5. The molecule has 2 aromatic rings. The van der Waals surface area contributed by atoms with Crippen molar-refractivity contribution in [2.75, 3.05) is 13.2 Å². The minimum Gasteiger partial charge on any atom is -0.493 e.